The molecular formula is C18H19ClN2. The molecule has 2 nitrogen and oxygen atoms in total. The maximum atomic E-state index is 3.51. The van der Waals surface area contributed by atoms with Gasteiger partial charge in [-0.25, -0.2) is 0 Å². The van der Waals surface area contributed by atoms with Crippen LogP contribution in [-0.4, -0.2) is 11.1 Å². The minimum Gasteiger partial charge on any atom is -0.339 e. The molecular weight excluding hydrogens is 280 g/mol. The number of nitrogens with zero attached hydrogens (tertiary/aromatic N) is 1. The Labute approximate surface area is 131 Å². The second-order valence-electron chi connectivity index (χ2n) is 5.44. The molecule has 1 aromatic heterocycles. The van der Waals surface area contributed by atoms with Crippen molar-refractivity contribution < 1.29 is 0 Å². The molecule has 0 radical (unpaired) electrons. The Morgan fingerprint density at radius 2 is 1.71 bits per heavy atom. The van der Waals surface area contributed by atoms with Crippen molar-refractivity contribution in [2.45, 2.75) is 19.5 Å². The van der Waals surface area contributed by atoms with Crippen molar-refractivity contribution in [3.63, 3.8) is 0 Å². The molecule has 1 aliphatic heterocycles. The van der Waals surface area contributed by atoms with Gasteiger partial charge in [0.05, 0.1) is 0 Å². The predicted octanol–water partition coefficient (Wildman–Crippen LogP) is 3.76. The fourth-order valence-electron chi connectivity index (χ4n) is 3.28. The fourth-order valence-corrected chi connectivity index (χ4v) is 3.28. The molecule has 0 unspecified atom stereocenters. The first-order chi connectivity index (χ1) is 9.93. The maximum absolute atomic E-state index is 3.51. The van der Waals surface area contributed by atoms with Crippen molar-refractivity contribution in [3.05, 3.63) is 71.4 Å². The summed E-state index contributed by atoms with van der Waals surface area (Å²) in [6, 6.07) is 19.5. The average molecular weight is 299 g/mol. The van der Waals surface area contributed by atoms with Crippen molar-refractivity contribution in [2.24, 2.45) is 0 Å². The zero-order chi connectivity index (χ0) is 13.4. The van der Waals surface area contributed by atoms with E-state index >= 15 is 0 Å². The molecule has 1 aliphatic rings. The lowest BCUT2D eigenvalue weighted by atomic mass is 10.1. The highest BCUT2D eigenvalue weighted by molar-refractivity contribution is 5.86. The van der Waals surface area contributed by atoms with Crippen molar-refractivity contribution in [3.8, 4) is 0 Å². The quantitative estimate of drug-likeness (QED) is 0.762. The third-order valence-corrected chi connectivity index (χ3v) is 4.22. The minimum absolute atomic E-state index is 0. The van der Waals surface area contributed by atoms with Crippen LogP contribution >= 0.6 is 12.4 Å². The number of hydrogen-bond acceptors (Lipinski definition) is 1. The summed E-state index contributed by atoms with van der Waals surface area (Å²) in [6.07, 6.45) is 1.14. The molecule has 0 atom stereocenters. The molecule has 4 rings (SSSR count). The number of fused-ring (bicyclic) bond motifs is 3. The summed E-state index contributed by atoms with van der Waals surface area (Å²) >= 11 is 0. The van der Waals surface area contributed by atoms with E-state index in [0.29, 0.717) is 0 Å². The highest BCUT2D eigenvalue weighted by Gasteiger charge is 2.19. The van der Waals surface area contributed by atoms with Crippen LogP contribution in [0, 0.1) is 0 Å². The van der Waals surface area contributed by atoms with Crippen molar-refractivity contribution in [2.75, 3.05) is 6.54 Å². The summed E-state index contributed by atoms with van der Waals surface area (Å²) in [4.78, 5) is 0. The zero-order valence-corrected chi connectivity index (χ0v) is 12.7. The molecule has 108 valence electrons. The van der Waals surface area contributed by atoms with E-state index in [4.69, 9.17) is 0 Å². The van der Waals surface area contributed by atoms with Crippen molar-refractivity contribution in [1.29, 1.82) is 0 Å². The summed E-state index contributed by atoms with van der Waals surface area (Å²) in [7, 11) is 0. The topological polar surface area (TPSA) is 17.0 Å². The highest BCUT2D eigenvalue weighted by Crippen LogP contribution is 2.29. The van der Waals surface area contributed by atoms with Gasteiger partial charge in [-0.05, 0) is 30.2 Å². The van der Waals surface area contributed by atoms with E-state index in [1.165, 1.54) is 27.7 Å². The number of halogens is 1. The van der Waals surface area contributed by atoms with Crippen LogP contribution in [0.4, 0.5) is 0 Å². The van der Waals surface area contributed by atoms with Crippen LogP contribution < -0.4 is 5.32 Å². The van der Waals surface area contributed by atoms with E-state index in [2.05, 4.69) is 64.5 Å². The van der Waals surface area contributed by atoms with Crippen LogP contribution in [0.15, 0.2) is 54.6 Å². The fraction of sp³-hybridized carbons (Fsp3) is 0.222. The Kier molecular flexibility index (Phi) is 4.00. The van der Waals surface area contributed by atoms with Crippen LogP contribution in [0.2, 0.25) is 0 Å². The first kappa shape index (κ1) is 14.2. The van der Waals surface area contributed by atoms with Crippen LogP contribution in [0.3, 0.4) is 0 Å². The Balaban J connectivity index is 0.00000132. The molecule has 2 aromatic carbocycles. The molecule has 0 saturated carbocycles. The van der Waals surface area contributed by atoms with Gasteiger partial charge >= 0.3 is 0 Å². The molecule has 1 N–H and O–H groups in total. The number of benzene rings is 2. The first-order valence-electron chi connectivity index (χ1n) is 7.27. The maximum Gasteiger partial charge on any atom is 0.0488 e. The monoisotopic (exact) mass is 298 g/mol. The largest absolute Gasteiger partial charge is 0.339 e. The number of nitrogens with one attached hydrogen (secondary N) is 1. The normalized spacial score (nSPS) is 13.7. The van der Waals surface area contributed by atoms with E-state index in [9.17, 15) is 0 Å². The smallest absolute Gasteiger partial charge is 0.0488 e. The lowest BCUT2D eigenvalue weighted by molar-refractivity contribution is 0.602. The number of rotatable bonds is 2. The van der Waals surface area contributed by atoms with Crippen LogP contribution in [0.25, 0.3) is 10.9 Å². The number of hydrogen-bond donors (Lipinski definition) is 1. The standard InChI is InChI=1S/C18H18N2.ClH/c1-2-6-14(7-3-1)13-20-17-9-5-4-8-15(17)16-10-11-19-12-18(16)20;/h1-9,19H,10-13H2;1H. The second-order valence-corrected chi connectivity index (χ2v) is 5.44. The van der Waals surface area contributed by atoms with Gasteiger partial charge in [-0.15, -0.1) is 12.4 Å². The number of aromatic nitrogens is 1. The van der Waals surface area contributed by atoms with E-state index in [1.54, 1.807) is 0 Å². The summed E-state index contributed by atoms with van der Waals surface area (Å²) in [5.74, 6) is 0. The molecule has 0 bridgehead atoms. The summed E-state index contributed by atoms with van der Waals surface area (Å²) in [5.41, 5.74) is 5.73. The summed E-state index contributed by atoms with van der Waals surface area (Å²) in [6.45, 7) is 3.03. The van der Waals surface area contributed by atoms with Crippen LogP contribution in [-0.2, 0) is 19.5 Å². The summed E-state index contributed by atoms with van der Waals surface area (Å²) in [5, 5.41) is 4.94. The van der Waals surface area contributed by atoms with Crippen molar-refractivity contribution in [1.82, 2.24) is 9.88 Å². The van der Waals surface area contributed by atoms with E-state index < -0.39 is 0 Å². The second kappa shape index (κ2) is 5.92. The Morgan fingerprint density at radius 3 is 2.57 bits per heavy atom. The number of para-hydroxylation sites is 1. The molecule has 21 heavy (non-hydrogen) atoms. The molecule has 0 saturated heterocycles. The molecule has 2 heterocycles. The third kappa shape index (κ3) is 2.45. The highest BCUT2D eigenvalue weighted by atomic mass is 35.5. The third-order valence-electron chi connectivity index (χ3n) is 4.22. The molecule has 0 aliphatic carbocycles. The molecule has 3 aromatic rings. The van der Waals surface area contributed by atoms with Crippen LogP contribution in [0.5, 0.6) is 0 Å². The van der Waals surface area contributed by atoms with Gasteiger partial charge < -0.3 is 9.88 Å². The molecule has 3 heteroatoms. The van der Waals surface area contributed by atoms with E-state index in [1.807, 2.05) is 0 Å². The van der Waals surface area contributed by atoms with Crippen LogP contribution in [0.1, 0.15) is 16.8 Å². The molecule has 0 spiro atoms. The van der Waals surface area contributed by atoms with Gasteiger partial charge in [0.25, 0.3) is 0 Å². The lowest BCUT2D eigenvalue weighted by Crippen LogP contribution is -2.25. The Hall–Kier alpha value is -1.77. The van der Waals surface area contributed by atoms with Gasteiger partial charge in [0.2, 0.25) is 0 Å². The lowest BCUT2D eigenvalue weighted by Gasteiger charge is -2.17. The van der Waals surface area contributed by atoms with E-state index in [0.717, 1.165) is 26.1 Å². The Bertz CT molecular complexity index is 747. The van der Waals surface area contributed by atoms with E-state index in [-0.39, 0.29) is 12.4 Å². The molecule has 0 amide bonds. The van der Waals surface area contributed by atoms with Gasteiger partial charge in [-0.1, -0.05) is 48.5 Å². The van der Waals surface area contributed by atoms with Gasteiger partial charge in [0, 0.05) is 29.7 Å². The van der Waals surface area contributed by atoms with Crippen molar-refractivity contribution >= 4 is 23.3 Å². The first-order valence-corrected chi connectivity index (χ1v) is 7.27. The van der Waals surface area contributed by atoms with Gasteiger partial charge in [-0.3, -0.25) is 0 Å². The average Bonchev–Trinajstić information content (AvgIpc) is 2.84. The zero-order valence-electron chi connectivity index (χ0n) is 11.9. The molecule has 0 fully saturated rings. The van der Waals surface area contributed by atoms with Gasteiger partial charge in [-0.2, -0.15) is 0 Å². The van der Waals surface area contributed by atoms with Gasteiger partial charge in [0.15, 0.2) is 0 Å². The SMILES string of the molecule is Cl.c1ccc(Cn2c3c(c4ccccc42)CCNC3)cc1. The predicted molar refractivity (Wildman–Crippen MR) is 90.1 cm³/mol. The Morgan fingerprint density at radius 1 is 0.952 bits per heavy atom. The van der Waals surface area contributed by atoms with Gasteiger partial charge in [0.1, 0.15) is 0 Å². The minimum atomic E-state index is 0. The summed E-state index contributed by atoms with van der Waals surface area (Å²) < 4.78 is 2.48.